The van der Waals surface area contributed by atoms with E-state index in [1.165, 1.54) is 6.07 Å². The fourth-order valence-electron chi connectivity index (χ4n) is 3.69. The van der Waals surface area contributed by atoms with Crippen LogP contribution in [0.1, 0.15) is 45.9 Å². The summed E-state index contributed by atoms with van der Waals surface area (Å²) >= 11 is 0. The number of carbonyl (C=O) groups excluding carboxylic acids is 2. The first-order valence-electron chi connectivity index (χ1n) is 9.93. The summed E-state index contributed by atoms with van der Waals surface area (Å²) in [7, 11) is 0. The van der Waals surface area contributed by atoms with Gasteiger partial charge >= 0.3 is 0 Å². The van der Waals surface area contributed by atoms with Crippen molar-refractivity contribution in [3.05, 3.63) is 71.6 Å². The van der Waals surface area contributed by atoms with Crippen LogP contribution >= 0.6 is 0 Å². The summed E-state index contributed by atoms with van der Waals surface area (Å²) in [6.45, 7) is 1.71. The Hall–Kier alpha value is -3.22. The minimum absolute atomic E-state index is 0.140. The average Bonchev–Trinajstić information content (AvgIpc) is 3.15. The molecule has 4 rings (SSSR count). The molecule has 0 atom stereocenters. The molecule has 1 saturated heterocycles. The number of piperidine rings is 1. The first-order chi connectivity index (χ1) is 14.1. The number of nitrogens with zero attached hydrogens (tertiary/aromatic N) is 3. The van der Waals surface area contributed by atoms with Gasteiger partial charge in [0, 0.05) is 25.8 Å². The summed E-state index contributed by atoms with van der Waals surface area (Å²) in [5.74, 6) is -0.657. The fraction of sp³-hybridized carbons (Fsp3) is 0.318. The highest BCUT2D eigenvalue weighted by Crippen LogP contribution is 2.18. The van der Waals surface area contributed by atoms with Gasteiger partial charge in [-0.1, -0.05) is 24.3 Å². The number of halogens is 1. The molecule has 1 N–H and O–H groups in total. The molecule has 6 nitrogen and oxygen atoms in total. The standard InChI is InChI=1S/C22H23FN4O2/c23-17-9-3-2-8-16(17)11-12-24-21(28)20-25-19(18-10-4-7-15-27(18)20)22(29)26-13-5-1-6-14-26/h2-4,7-10,15H,1,5-6,11-14H2,(H,24,28). The van der Waals surface area contributed by atoms with Crippen molar-refractivity contribution in [2.24, 2.45) is 0 Å². The second kappa shape index (κ2) is 8.43. The second-order valence-corrected chi connectivity index (χ2v) is 7.19. The van der Waals surface area contributed by atoms with E-state index in [0.717, 1.165) is 32.4 Å². The molecule has 150 valence electrons. The fourth-order valence-corrected chi connectivity index (χ4v) is 3.69. The first-order valence-corrected chi connectivity index (χ1v) is 9.93. The van der Waals surface area contributed by atoms with E-state index in [1.807, 2.05) is 6.07 Å². The van der Waals surface area contributed by atoms with E-state index in [0.29, 0.717) is 23.2 Å². The number of pyridine rings is 1. The Morgan fingerprint density at radius 1 is 1.03 bits per heavy atom. The lowest BCUT2D eigenvalue weighted by molar-refractivity contribution is 0.0721. The average molecular weight is 394 g/mol. The molecular formula is C22H23FN4O2. The molecule has 0 radical (unpaired) electrons. The highest BCUT2D eigenvalue weighted by atomic mass is 19.1. The first kappa shape index (κ1) is 19.1. The quantitative estimate of drug-likeness (QED) is 0.723. The van der Waals surface area contributed by atoms with E-state index in [4.69, 9.17) is 0 Å². The van der Waals surface area contributed by atoms with E-state index in [1.54, 1.807) is 45.8 Å². The van der Waals surface area contributed by atoms with Crippen molar-refractivity contribution in [3.63, 3.8) is 0 Å². The van der Waals surface area contributed by atoms with Gasteiger partial charge in [0.1, 0.15) is 5.82 Å². The van der Waals surface area contributed by atoms with Gasteiger partial charge in [0.05, 0.1) is 5.52 Å². The van der Waals surface area contributed by atoms with Crippen molar-refractivity contribution < 1.29 is 14.0 Å². The lowest BCUT2D eigenvalue weighted by Gasteiger charge is -2.25. The van der Waals surface area contributed by atoms with E-state index in [-0.39, 0.29) is 30.0 Å². The minimum Gasteiger partial charge on any atom is -0.349 e. The van der Waals surface area contributed by atoms with Crippen LogP contribution in [0.25, 0.3) is 5.52 Å². The number of hydrogen-bond acceptors (Lipinski definition) is 3. The Morgan fingerprint density at radius 2 is 1.79 bits per heavy atom. The zero-order chi connectivity index (χ0) is 20.2. The van der Waals surface area contributed by atoms with Gasteiger partial charge in [-0.2, -0.15) is 0 Å². The van der Waals surface area contributed by atoms with Crippen molar-refractivity contribution in [1.82, 2.24) is 19.6 Å². The number of carbonyl (C=O) groups is 2. The van der Waals surface area contributed by atoms with E-state index in [2.05, 4.69) is 10.3 Å². The minimum atomic E-state index is -0.389. The second-order valence-electron chi connectivity index (χ2n) is 7.19. The van der Waals surface area contributed by atoms with Crippen molar-refractivity contribution in [3.8, 4) is 0 Å². The number of imidazole rings is 1. The van der Waals surface area contributed by atoms with Gasteiger partial charge in [0.2, 0.25) is 5.82 Å². The maximum Gasteiger partial charge on any atom is 0.287 e. The number of aromatic nitrogens is 2. The summed E-state index contributed by atoms with van der Waals surface area (Å²) < 4.78 is 15.4. The molecule has 7 heteroatoms. The number of benzene rings is 1. The van der Waals surface area contributed by atoms with Crippen molar-refractivity contribution >= 4 is 17.3 Å². The monoisotopic (exact) mass is 394 g/mol. The number of fused-ring (bicyclic) bond motifs is 1. The normalized spacial score (nSPS) is 14.2. The highest BCUT2D eigenvalue weighted by Gasteiger charge is 2.25. The molecule has 1 fully saturated rings. The topological polar surface area (TPSA) is 66.7 Å². The van der Waals surface area contributed by atoms with E-state index >= 15 is 0 Å². The molecule has 1 aliphatic heterocycles. The smallest absolute Gasteiger partial charge is 0.287 e. The summed E-state index contributed by atoms with van der Waals surface area (Å²) in [5, 5.41) is 2.78. The lowest BCUT2D eigenvalue weighted by Crippen LogP contribution is -2.36. The molecule has 3 aromatic rings. The van der Waals surface area contributed by atoms with Crippen LogP contribution in [-0.2, 0) is 6.42 Å². The molecule has 0 spiro atoms. The van der Waals surface area contributed by atoms with Gasteiger partial charge < -0.3 is 10.2 Å². The molecule has 0 unspecified atom stereocenters. The van der Waals surface area contributed by atoms with Gasteiger partial charge in [-0.05, 0) is 49.4 Å². The number of hydrogen-bond donors (Lipinski definition) is 1. The summed E-state index contributed by atoms with van der Waals surface area (Å²) in [6, 6.07) is 11.9. The van der Waals surface area contributed by atoms with Crippen LogP contribution in [0.2, 0.25) is 0 Å². The number of rotatable bonds is 5. The number of amides is 2. The Labute approximate surface area is 168 Å². The molecule has 2 amide bonds. The molecule has 0 bridgehead atoms. The van der Waals surface area contributed by atoms with Gasteiger partial charge in [-0.25, -0.2) is 9.37 Å². The van der Waals surface area contributed by atoms with Gasteiger partial charge in [0.25, 0.3) is 11.8 Å². The van der Waals surface area contributed by atoms with Crippen molar-refractivity contribution in [2.75, 3.05) is 19.6 Å². The van der Waals surface area contributed by atoms with Crippen LogP contribution in [0.15, 0.2) is 48.7 Å². The molecule has 29 heavy (non-hydrogen) atoms. The molecule has 1 aliphatic rings. The molecule has 0 aliphatic carbocycles. The zero-order valence-corrected chi connectivity index (χ0v) is 16.1. The maximum atomic E-state index is 13.7. The molecule has 3 heterocycles. The van der Waals surface area contributed by atoms with E-state index in [9.17, 15) is 14.0 Å². The summed E-state index contributed by atoms with van der Waals surface area (Å²) in [4.78, 5) is 31.9. The van der Waals surface area contributed by atoms with Gasteiger partial charge in [-0.3, -0.25) is 14.0 Å². The lowest BCUT2D eigenvalue weighted by atomic mass is 10.1. The van der Waals surface area contributed by atoms with Crippen LogP contribution in [0.3, 0.4) is 0 Å². The SMILES string of the molecule is O=C(NCCc1ccccc1F)c1nc(C(=O)N2CCCCC2)c2ccccn12. The maximum absolute atomic E-state index is 13.7. The Bertz CT molecular complexity index is 1040. The molecule has 2 aromatic heterocycles. The third-order valence-corrected chi connectivity index (χ3v) is 5.24. The predicted molar refractivity (Wildman–Crippen MR) is 107 cm³/mol. The van der Waals surface area contributed by atoms with Crippen molar-refractivity contribution in [1.29, 1.82) is 0 Å². The molecule has 1 aromatic carbocycles. The van der Waals surface area contributed by atoms with Crippen LogP contribution < -0.4 is 5.32 Å². The Morgan fingerprint density at radius 3 is 2.59 bits per heavy atom. The largest absolute Gasteiger partial charge is 0.349 e. The highest BCUT2D eigenvalue weighted by molar-refractivity contribution is 6.02. The molecular weight excluding hydrogens is 371 g/mol. The van der Waals surface area contributed by atoms with E-state index < -0.39 is 0 Å². The summed E-state index contributed by atoms with van der Waals surface area (Å²) in [6.07, 6.45) is 5.20. The van der Waals surface area contributed by atoms with Crippen LogP contribution in [-0.4, -0.2) is 45.7 Å². The van der Waals surface area contributed by atoms with Gasteiger partial charge in [-0.15, -0.1) is 0 Å². The Kier molecular flexibility index (Phi) is 5.55. The number of likely N-dealkylation sites (tertiary alicyclic amines) is 1. The third-order valence-electron chi connectivity index (χ3n) is 5.24. The van der Waals surface area contributed by atoms with Crippen LogP contribution in [0.5, 0.6) is 0 Å². The van der Waals surface area contributed by atoms with Crippen LogP contribution in [0, 0.1) is 5.82 Å². The number of nitrogens with one attached hydrogen (secondary N) is 1. The third kappa shape index (κ3) is 3.99. The van der Waals surface area contributed by atoms with Gasteiger partial charge in [0.15, 0.2) is 5.69 Å². The predicted octanol–water partition coefficient (Wildman–Crippen LogP) is 3.07. The molecule has 0 saturated carbocycles. The summed E-state index contributed by atoms with van der Waals surface area (Å²) in [5.41, 5.74) is 1.45. The zero-order valence-electron chi connectivity index (χ0n) is 16.1. The van der Waals surface area contributed by atoms with Crippen molar-refractivity contribution in [2.45, 2.75) is 25.7 Å². The van der Waals surface area contributed by atoms with Crippen LogP contribution in [0.4, 0.5) is 4.39 Å². The Balaban J connectivity index is 1.53.